The van der Waals surface area contributed by atoms with Crippen LogP contribution in [0.5, 0.6) is 5.75 Å². The number of amides is 1. The van der Waals surface area contributed by atoms with Crippen molar-refractivity contribution in [1.82, 2.24) is 5.32 Å². The van der Waals surface area contributed by atoms with Gasteiger partial charge < -0.3 is 14.8 Å². The molecule has 1 N–H and O–H groups in total. The van der Waals surface area contributed by atoms with Gasteiger partial charge in [0.25, 0.3) is 5.91 Å². The van der Waals surface area contributed by atoms with Crippen LogP contribution >= 0.6 is 0 Å². The molecule has 0 saturated heterocycles. The van der Waals surface area contributed by atoms with E-state index in [2.05, 4.69) is 11.4 Å². The lowest BCUT2D eigenvalue weighted by atomic mass is 9.99. The Balaban J connectivity index is 1.50. The second-order valence-corrected chi connectivity index (χ2v) is 6.43. The highest BCUT2D eigenvalue weighted by atomic mass is 16.5. The molecule has 0 heterocycles. The van der Waals surface area contributed by atoms with Crippen LogP contribution in [0.4, 0.5) is 0 Å². The molecule has 0 unspecified atom stereocenters. The Kier molecular flexibility index (Phi) is 6.80. The molecule has 0 aromatic heterocycles. The molecule has 0 aliphatic rings. The fraction of sp³-hybridized carbons (Fsp3) is 0.125. The van der Waals surface area contributed by atoms with Crippen molar-refractivity contribution in [1.29, 1.82) is 5.26 Å². The lowest BCUT2D eigenvalue weighted by molar-refractivity contribution is -0.143. The SMILES string of the molecule is COc1ccc(C(=O)NCC(=O)OCc2ccc(-c3ccccc3C#N)cc2)cc1. The fourth-order valence-corrected chi connectivity index (χ4v) is 2.82. The number of hydrogen-bond acceptors (Lipinski definition) is 5. The van der Waals surface area contributed by atoms with Crippen molar-refractivity contribution in [3.63, 3.8) is 0 Å². The van der Waals surface area contributed by atoms with Gasteiger partial charge in [-0.05, 0) is 47.0 Å². The molecule has 0 fully saturated rings. The fourth-order valence-electron chi connectivity index (χ4n) is 2.82. The Hall–Kier alpha value is -4.11. The Morgan fingerprint density at radius 2 is 1.67 bits per heavy atom. The minimum absolute atomic E-state index is 0.0947. The molecule has 30 heavy (non-hydrogen) atoms. The number of nitrogens with zero attached hydrogens (tertiary/aromatic N) is 1. The van der Waals surface area contributed by atoms with Crippen LogP contribution in [0.3, 0.4) is 0 Å². The zero-order chi connectivity index (χ0) is 21.3. The normalized spacial score (nSPS) is 10.0. The molecule has 150 valence electrons. The van der Waals surface area contributed by atoms with Crippen LogP contribution in [-0.4, -0.2) is 25.5 Å². The van der Waals surface area contributed by atoms with Crippen molar-refractivity contribution in [2.45, 2.75) is 6.61 Å². The zero-order valence-electron chi connectivity index (χ0n) is 16.4. The number of carbonyl (C=O) groups is 2. The van der Waals surface area contributed by atoms with Gasteiger partial charge in [-0.25, -0.2) is 0 Å². The van der Waals surface area contributed by atoms with Crippen molar-refractivity contribution < 1.29 is 19.1 Å². The van der Waals surface area contributed by atoms with Gasteiger partial charge in [0, 0.05) is 5.56 Å². The molecule has 1 amide bonds. The first-order chi connectivity index (χ1) is 14.6. The molecule has 6 heteroatoms. The van der Waals surface area contributed by atoms with Crippen LogP contribution in [0, 0.1) is 11.3 Å². The summed E-state index contributed by atoms with van der Waals surface area (Å²) in [5.41, 5.74) is 3.60. The number of carbonyl (C=O) groups excluding carboxylic acids is 2. The molecule has 3 aromatic rings. The molecule has 6 nitrogen and oxygen atoms in total. The predicted molar refractivity (Wildman–Crippen MR) is 112 cm³/mol. The van der Waals surface area contributed by atoms with Gasteiger partial charge in [0.1, 0.15) is 18.9 Å². The summed E-state index contributed by atoms with van der Waals surface area (Å²) in [4.78, 5) is 24.0. The summed E-state index contributed by atoms with van der Waals surface area (Å²) in [6.07, 6.45) is 0. The monoisotopic (exact) mass is 400 g/mol. The predicted octanol–water partition coefficient (Wildman–Crippen LogP) is 3.71. The lowest BCUT2D eigenvalue weighted by Gasteiger charge is -2.08. The van der Waals surface area contributed by atoms with E-state index in [4.69, 9.17) is 9.47 Å². The van der Waals surface area contributed by atoms with Gasteiger partial charge in [0.05, 0.1) is 18.7 Å². The smallest absolute Gasteiger partial charge is 0.325 e. The van der Waals surface area contributed by atoms with Crippen molar-refractivity contribution in [2.24, 2.45) is 0 Å². The third-order valence-electron chi connectivity index (χ3n) is 4.46. The van der Waals surface area contributed by atoms with Crippen molar-refractivity contribution >= 4 is 11.9 Å². The number of benzene rings is 3. The molecule has 0 aliphatic carbocycles. The largest absolute Gasteiger partial charge is 0.497 e. The van der Waals surface area contributed by atoms with E-state index in [0.29, 0.717) is 16.9 Å². The summed E-state index contributed by atoms with van der Waals surface area (Å²) < 4.78 is 10.3. The van der Waals surface area contributed by atoms with E-state index in [0.717, 1.165) is 16.7 Å². The Morgan fingerprint density at radius 3 is 2.33 bits per heavy atom. The van der Waals surface area contributed by atoms with Crippen LogP contribution in [0.25, 0.3) is 11.1 Å². The summed E-state index contributed by atoms with van der Waals surface area (Å²) >= 11 is 0. The summed E-state index contributed by atoms with van der Waals surface area (Å²) in [7, 11) is 1.55. The number of methoxy groups -OCH3 is 1. The number of hydrogen-bond donors (Lipinski definition) is 1. The minimum atomic E-state index is -0.532. The maximum absolute atomic E-state index is 12.1. The lowest BCUT2D eigenvalue weighted by Crippen LogP contribution is -2.30. The molecule has 0 radical (unpaired) electrons. The third-order valence-corrected chi connectivity index (χ3v) is 4.46. The van der Waals surface area contributed by atoms with E-state index < -0.39 is 5.97 Å². The van der Waals surface area contributed by atoms with E-state index in [1.165, 1.54) is 0 Å². The molecular weight excluding hydrogens is 380 g/mol. The Labute approximate surface area is 174 Å². The molecular formula is C24H20N2O4. The number of nitrogens with one attached hydrogen (secondary N) is 1. The third kappa shape index (κ3) is 5.24. The molecule has 0 bridgehead atoms. The van der Waals surface area contributed by atoms with Crippen molar-refractivity contribution in [3.8, 4) is 22.9 Å². The second-order valence-electron chi connectivity index (χ2n) is 6.43. The second kappa shape index (κ2) is 9.89. The van der Waals surface area contributed by atoms with Gasteiger partial charge in [0.15, 0.2) is 0 Å². The van der Waals surface area contributed by atoms with E-state index in [1.54, 1.807) is 37.4 Å². The van der Waals surface area contributed by atoms with Crippen molar-refractivity contribution in [2.75, 3.05) is 13.7 Å². The summed E-state index contributed by atoms with van der Waals surface area (Å²) in [5, 5.41) is 11.8. The van der Waals surface area contributed by atoms with E-state index >= 15 is 0 Å². The summed E-state index contributed by atoms with van der Waals surface area (Å²) in [6, 6.07) is 23.6. The minimum Gasteiger partial charge on any atom is -0.497 e. The quantitative estimate of drug-likeness (QED) is 0.611. The van der Waals surface area contributed by atoms with Gasteiger partial charge in [0.2, 0.25) is 0 Å². The van der Waals surface area contributed by atoms with Gasteiger partial charge >= 0.3 is 5.97 Å². The highest BCUT2D eigenvalue weighted by Crippen LogP contribution is 2.23. The van der Waals surface area contributed by atoms with Crippen LogP contribution in [0.15, 0.2) is 72.8 Å². The molecule has 3 aromatic carbocycles. The summed E-state index contributed by atoms with van der Waals surface area (Å²) in [5.74, 6) is -0.251. The standard InChI is InChI=1S/C24H20N2O4/c1-29-21-12-10-19(11-13-21)24(28)26-15-23(27)30-16-17-6-8-18(9-7-17)22-5-3-2-4-20(22)14-25/h2-13H,15-16H2,1H3,(H,26,28). The maximum Gasteiger partial charge on any atom is 0.325 e. The van der Waals surface area contributed by atoms with Crippen LogP contribution in [0.1, 0.15) is 21.5 Å². The van der Waals surface area contributed by atoms with E-state index in [1.807, 2.05) is 42.5 Å². The van der Waals surface area contributed by atoms with Crippen LogP contribution in [0.2, 0.25) is 0 Å². The van der Waals surface area contributed by atoms with E-state index in [9.17, 15) is 14.9 Å². The molecule has 0 saturated carbocycles. The number of esters is 1. The molecule has 0 spiro atoms. The first-order valence-electron chi connectivity index (χ1n) is 9.27. The van der Waals surface area contributed by atoms with Crippen molar-refractivity contribution in [3.05, 3.63) is 89.5 Å². The maximum atomic E-state index is 12.1. The molecule has 3 rings (SSSR count). The average molecular weight is 400 g/mol. The van der Waals surface area contributed by atoms with Gasteiger partial charge in [-0.3, -0.25) is 9.59 Å². The Bertz CT molecular complexity index is 1070. The Morgan fingerprint density at radius 1 is 0.967 bits per heavy atom. The number of ether oxygens (including phenoxy) is 2. The van der Waals surface area contributed by atoms with Gasteiger partial charge in [-0.1, -0.05) is 42.5 Å². The van der Waals surface area contributed by atoms with Crippen LogP contribution in [-0.2, 0) is 16.1 Å². The molecule has 0 atom stereocenters. The summed E-state index contributed by atoms with van der Waals surface area (Å²) in [6.45, 7) is -0.129. The average Bonchev–Trinajstić information content (AvgIpc) is 2.81. The highest BCUT2D eigenvalue weighted by molar-refractivity contribution is 5.96. The van der Waals surface area contributed by atoms with E-state index in [-0.39, 0.29) is 19.1 Å². The van der Waals surface area contributed by atoms with Gasteiger partial charge in [-0.15, -0.1) is 0 Å². The van der Waals surface area contributed by atoms with Crippen LogP contribution < -0.4 is 10.1 Å². The van der Waals surface area contributed by atoms with Gasteiger partial charge in [-0.2, -0.15) is 5.26 Å². The topological polar surface area (TPSA) is 88.4 Å². The first-order valence-corrected chi connectivity index (χ1v) is 9.27. The number of rotatable bonds is 7. The number of nitriles is 1. The zero-order valence-corrected chi connectivity index (χ0v) is 16.4. The highest BCUT2D eigenvalue weighted by Gasteiger charge is 2.10. The molecule has 0 aliphatic heterocycles. The first kappa shape index (κ1) is 20.6.